The Morgan fingerprint density at radius 1 is 0.653 bits per heavy atom. The molecule has 4 aromatic carbocycles. The van der Waals surface area contributed by atoms with E-state index in [0.29, 0.717) is 29.1 Å². The molecule has 0 fully saturated rings. The molecule has 0 unspecified atom stereocenters. The zero-order chi connectivity index (χ0) is 34.9. The van der Waals surface area contributed by atoms with E-state index >= 15 is 0 Å². The van der Waals surface area contributed by atoms with Crippen LogP contribution in [0, 0.1) is 11.6 Å². The van der Waals surface area contributed by atoms with E-state index in [1.807, 2.05) is 24.3 Å². The van der Waals surface area contributed by atoms with Gasteiger partial charge in [-0.15, -0.1) is 0 Å². The zero-order valence-corrected chi connectivity index (χ0v) is 25.5. The van der Waals surface area contributed by atoms with Gasteiger partial charge in [-0.1, -0.05) is 48.5 Å². The van der Waals surface area contributed by atoms with Gasteiger partial charge in [0.25, 0.3) is 0 Å². The first-order valence-corrected chi connectivity index (χ1v) is 14.6. The van der Waals surface area contributed by atoms with E-state index < -0.39 is 23.1 Å². The summed E-state index contributed by atoms with van der Waals surface area (Å²) in [6, 6.07) is 32.1. The fourth-order valence-corrected chi connectivity index (χ4v) is 4.72. The van der Waals surface area contributed by atoms with Crippen LogP contribution in [0.25, 0.3) is 28.2 Å². The van der Waals surface area contributed by atoms with Crippen LogP contribution in [0.2, 0.25) is 0 Å². The fraction of sp³-hybridized carbons (Fsp3) is 0. The molecule has 244 valence electrons. The average molecular weight is 660 g/mol. The van der Waals surface area contributed by atoms with Crippen molar-refractivity contribution in [2.24, 2.45) is 0 Å². The van der Waals surface area contributed by atoms with Gasteiger partial charge in [0, 0.05) is 18.0 Å². The number of imidazole rings is 1. The number of ketones is 1. The lowest BCUT2D eigenvalue weighted by molar-refractivity contribution is 0.103. The van der Waals surface area contributed by atoms with Gasteiger partial charge in [0.1, 0.15) is 28.7 Å². The van der Waals surface area contributed by atoms with Crippen molar-refractivity contribution < 1.29 is 38.8 Å². The highest BCUT2D eigenvalue weighted by Crippen LogP contribution is 2.37. The Bertz CT molecular complexity index is 2260. The lowest BCUT2D eigenvalue weighted by Crippen LogP contribution is -2.03. The Morgan fingerprint density at radius 2 is 1.29 bits per heavy atom. The Hall–Kier alpha value is -6.88. The largest absolute Gasteiger partial charge is 0.507 e. The highest BCUT2D eigenvalue weighted by atomic mass is 19.1. The number of aromatic hydroxyl groups is 4. The van der Waals surface area contributed by atoms with Crippen molar-refractivity contribution >= 4 is 17.6 Å². The third-order valence-corrected chi connectivity index (χ3v) is 7.13. The maximum absolute atomic E-state index is 13.7. The number of phenolic OH excluding ortho intramolecular Hbond substituents is 4. The zero-order valence-electron chi connectivity index (χ0n) is 25.5. The van der Waals surface area contributed by atoms with E-state index in [1.165, 1.54) is 30.3 Å². The van der Waals surface area contributed by atoms with Crippen molar-refractivity contribution in [2.75, 3.05) is 0 Å². The third kappa shape index (κ3) is 7.42. The maximum Gasteiger partial charge on any atom is 0.215 e. The predicted molar refractivity (Wildman–Crippen MR) is 179 cm³/mol. The number of para-hydroxylation sites is 4. The number of hydrogen-bond donors (Lipinski definition) is 4. The molecule has 0 aliphatic heterocycles. The topological polar surface area (TPSA) is 145 Å². The molecule has 7 aromatic rings. The summed E-state index contributed by atoms with van der Waals surface area (Å²) in [5.74, 6) is -2.29. The number of nitrogens with zero attached hydrogens (tertiary/aromatic N) is 3. The molecule has 0 amide bonds. The van der Waals surface area contributed by atoms with E-state index in [1.54, 1.807) is 77.5 Å². The highest BCUT2D eigenvalue weighted by molar-refractivity contribution is 6.09. The van der Waals surface area contributed by atoms with Crippen LogP contribution in [0.3, 0.4) is 0 Å². The number of phenols is 4. The molecule has 7 rings (SSSR count). The number of halogens is 2. The lowest BCUT2D eigenvalue weighted by Gasteiger charge is -2.04. The molecule has 4 N–H and O–H groups in total. The van der Waals surface area contributed by atoms with Gasteiger partial charge in [-0.2, -0.15) is 0 Å². The third-order valence-electron chi connectivity index (χ3n) is 7.13. The van der Waals surface area contributed by atoms with E-state index in [0.717, 1.165) is 11.6 Å². The Kier molecular flexibility index (Phi) is 10.3. The highest BCUT2D eigenvalue weighted by Gasteiger charge is 2.19. The van der Waals surface area contributed by atoms with Crippen molar-refractivity contribution in [1.29, 1.82) is 0 Å². The van der Waals surface area contributed by atoms with E-state index in [2.05, 4.69) is 9.97 Å². The number of aldehydes is 1. The van der Waals surface area contributed by atoms with Crippen LogP contribution in [0.5, 0.6) is 23.0 Å². The number of pyridine rings is 2. The second-order valence-corrected chi connectivity index (χ2v) is 10.2. The fourth-order valence-electron chi connectivity index (χ4n) is 4.72. The van der Waals surface area contributed by atoms with Crippen molar-refractivity contribution in [2.45, 2.75) is 0 Å². The van der Waals surface area contributed by atoms with Gasteiger partial charge in [-0.05, 0) is 72.8 Å². The second kappa shape index (κ2) is 15.1. The van der Waals surface area contributed by atoms with Crippen molar-refractivity contribution in [3.63, 3.8) is 0 Å². The van der Waals surface area contributed by atoms with Crippen LogP contribution in [0.1, 0.15) is 26.4 Å². The Balaban J connectivity index is 0.000000160. The second-order valence-electron chi connectivity index (χ2n) is 10.2. The van der Waals surface area contributed by atoms with Crippen molar-refractivity contribution in [1.82, 2.24) is 14.4 Å². The molecule has 0 aliphatic rings. The van der Waals surface area contributed by atoms with E-state index in [-0.39, 0.29) is 34.0 Å². The normalized spacial score (nSPS) is 10.3. The molecule has 0 spiro atoms. The van der Waals surface area contributed by atoms with Crippen LogP contribution in [-0.4, -0.2) is 46.9 Å². The van der Waals surface area contributed by atoms with E-state index in [4.69, 9.17) is 5.11 Å². The molecule has 0 saturated carbocycles. The summed E-state index contributed by atoms with van der Waals surface area (Å²) in [4.78, 5) is 30.4. The van der Waals surface area contributed by atoms with Crippen molar-refractivity contribution in [3.8, 4) is 45.6 Å². The minimum Gasteiger partial charge on any atom is -0.507 e. The number of aromatic nitrogens is 3. The standard InChI is InChI=1S/C19H13FN2O2.C12H9NO2.C7H5FO2/c20-14-8-5-7-13(18(14)24)19-21-17(12-6-1-2-10-16(12)23)15-9-3-4-11-22(15)19;14-11-7-2-1-5-9(11)12(15)10-6-3-4-8-13-10;8-6-3-1-2-5(4-9)7(6)10/h1-11,23-24H;1-8,14H;1-4,10H. The number of carbonyl (C=O) groups is 2. The van der Waals surface area contributed by atoms with Gasteiger partial charge in [0.05, 0.1) is 22.2 Å². The first-order chi connectivity index (χ1) is 23.7. The molecule has 9 nitrogen and oxygen atoms in total. The number of rotatable bonds is 5. The predicted octanol–water partition coefficient (Wildman–Crippen LogP) is 7.58. The van der Waals surface area contributed by atoms with Crippen LogP contribution in [0.15, 0.2) is 134 Å². The van der Waals surface area contributed by atoms with Gasteiger partial charge >= 0.3 is 0 Å². The number of fused-ring (bicyclic) bond motifs is 1. The van der Waals surface area contributed by atoms with Gasteiger partial charge < -0.3 is 20.4 Å². The summed E-state index contributed by atoms with van der Waals surface area (Å²) in [6.07, 6.45) is 3.73. The van der Waals surface area contributed by atoms with E-state index in [9.17, 15) is 33.7 Å². The summed E-state index contributed by atoms with van der Waals surface area (Å²) < 4.78 is 27.8. The van der Waals surface area contributed by atoms with Gasteiger partial charge in [0.2, 0.25) is 5.78 Å². The number of hydrogen-bond acceptors (Lipinski definition) is 8. The molecule has 0 radical (unpaired) electrons. The molecule has 3 aromatic heterocycles. The molecule has 0 saturated heterocycles. The van der Waals surface area contributed by atoms with Gasteiger partial charge in [-0.3, -0.25) is 19.0 Å². The molecule has 11 heteroatoms. The lowest BCUT2D eigenvalue weighted by atomic mass is 10.1. The maximum atomic E-state index is 13.7. The monoisotopic (exact) mass is 659 g/mol. The van der Waals surface area contributed by atoms with Gasteiger partial charge in [0.15, 0.2) is 29.4 Å². The summed E-state index contributed by atoms with van der Waals surface area (Å²) >= 11 is 0. The van der Waals surface area contributed by atoms with Crippen LogP contribution in [-0.2, 0) is 0 Å². The average Bonchev–Trinajstić information content (AvgIpc) is 3.51. The molecular formula is C38H27F2N3O6. The van der Waals surface area contributed by atoms with Crippen molar-refractivity contribution in [3.05, 3.63) is 162 Å². The number of benzene rings is 4. The van der Waals surface area contributed by atoms with Crippen LogP contribution >= 0.6 is 0 Å². The smallest absolute Gasteiger partial charge is 0.215 e. The summed E-state index contributed by atoms with van der Waals surface area (Å²) in [6.45, 7) is 0. The first kappa shape index (κ1) is 33.5. The summed E-state index contributed by atoms with van der Waals surface area (Å²) in [5.41, 5.74) is 2.75. The quantitative estimate of drug-likeness (QED) is 0.109. The minimum atomic E-state index is -0.774. The molecule has 0 aliphatic carbocycles. The molecular weight excluding hydrogens is 632 g/mol. The molecule has 3 heterocycles. The Labute approximate surface area is 278 Å². The summed E-state index contributed by atoms with van der Waals surface area (Å²) in [5, 5.41) is 38.5. The van der Waals surface area contributed by atoms with Crippen LogP contribution < -0.4 is 0 Å². The SMILES string of the molecule is O=C(c1ccccn1)c1ccccc1O.O=Cc1cccc(F)c1O.Oc1ccccc1-c1nc(-c2cccc(F)c2O)n2ccccc12. The molecule has 49 heavy (non-hydrogen) atoms. The summed E-state index contributed by atoms with van der Waals surface area (Å²) in [7, 11) is 0. The minimum absolute atomic E-state index is 0.0202. The van der Waals surface area contributed by atoms with Crippen LogP contribution in [0.4, 0.5) is 8.78 Å². The number of carbonyl (C=O) groups excluding carboxylic acids is 2. The first-order valence-electron chi connectivity index (χ1n) is 14.6. The Morgan fingerprint density at radius 3 is 1.96 bits per heavy atom. The van der Waals surface area contributed by atoms with Gasteiger partial charge in [-0.25, -0.2) is 13.8 Å². The molecule has 0 atom stereocenters. The molecule has 0 bridgehead atoms.